The van der Waals surface area contributed by atoms with E-state index in [1.807, 2.05) is 24.3 Å². The number of phenols is 2. The summed E-state index contributed by atoms with van der Waals surface area (Å²) in [6.07, 6.45) is 0. The Morgan fingerprint density at radius 3 is 1.08 bits per heavy atom. The van der Waals surface area contributed by atoms with Crippen LogP contribution in [-0.4, -0.2) is 32.4 Å². The quantitative estimate of drug-likeness (QED) is 0.150. The van der Waals surface area contributed by atoms with Crippen molar-refractivity contribution in [1.29, 1.82) is 0 Å². The molecule has 38 heavy (non-hydrogen) atoms. The van der Waals surface area contributed by atoms with Gasteiger partial charge in [-0.2, -0.15) is 0 Å². The number of carboxylic acid groups (broad SMARTS) is 2. The lowest BCUT2D eigenvalue weighted by Crippen LogP contribution is -2.06. The van der Waals surface area contributed by atoms with E-state index in [1.54, 1.807) is 98.8 Å². The van der Waals surface area contributed by atoms with Crippen molar-refractivity contribution in [2.24, 2.45) is 0 Å². The monoisotopic (exact) mass is 552 g/mol. The number of hydrogen-bond donors (Lipinski definition) is 6. The third-order valence-electron chi connectivity index (χ3n) is 4.99. The lowest BCUT2D eigenvalue weighted by Gasteiger charge is -2.05. The molecule has 0 radical (unpaired) electrons. The summed E-state index contributed by atoms with van der Waals surface area (Å²) in [7, 11) is 0. The van der Waals surface area contributed by atoms with Gasteiger partial charge in [0.1, 0.15) is 11.5 Å². The molecule has 2 unspecified atom stereocenters. The van der Waals surface area contributed by atoms with Crippen molar-refractivity contribution in [3.05, 3.63) is 120 Å². The number of thiol groups is 2. The smallest absolute Gasteiger partial charge is 0.310 e. The van der Waals surface area contributed by atoms with E-state index >= 15 is 0 Å². The molecule has 4 N–H and O–H groups in total. The Balaban J connectivity index is 0.000000261. The van der Waals surface area contributed by atoms with Crippen molar-refractivity contribution in [2.75, 3.05) is 0 Å². The molecule has 0 aliphatic rings. The fourth-order valence-electron chi connectivity index (χ4n) is 2.73. The largest absolute Gasteiger partial charge is 0.508 e. The van der Waals surface area contributed by atoms with Gasteiger partial charge in [0, 0.05) is 9.79 Å². The van der Waals surface area contributed by atoms with E-state index in [0.717, 1.165) is 20.9 Å². The summed E-state index contributed by atoms with van der Waals surface area (Å²) in [5.41, 5.74) is 1.57. The van der Waals surface area contributed by atoms with Crippen LogP contribution < -0.4 is 0 Å². The van der Waals surface area contributed by atoms with Crippen LogP contribution in [0.25, 0.3) is 0 Å². The van der Waals surface area contributed by atoms with Gasteiger partial charge < -0.3 is 20.4 Å². The molecule has 0 saturated heterocycles. The van der Waals surface area contributed by atoms with Crippen molar-refractivity contribution in [3.63, 3.8) is 0 Å². The third kappa shape index (κ3) is 13.4. The van der Waals surface area contributed by atoms with Gasteiger partial charge in [-0.1, -0.05) is 60.7 Å². The lowest BCUT2D eigenvalue weighted by molar-refractivity contribution is -0.139. The first-order valence-electron chi connectivity index (χ1n) is 11.5. The van der Waals surface area contributed by atoms with E-state index < -0.39 is 23.8 Å². The van der Waals surface area contributed by atoms with E-state index in [2.05, 4.69) is 25.3 Å². The first-order valence-corrected chi connectivity index (χ1v) is 12.4. The van der Waals surface area contributed by atoms with Crippen molar-refractivity contribution >= 4 is 37.2 Å². The number of hydrogen-bond acceptors (Lipinski definition) is 6. The van der Waals surface area contributed by atoms with Gasteiger partial charge in [0.2, 0.25) is 0 Å². The predicted octanol–water partition coefficient (Wildman–Crippen LogP) is 7.11. The molecule has 8 heteroatoms. The van der Waals surface area contributed by atoms with Gasteiger partial charge >= 0.3 is 11.9 Å². The summed E-state index contributed by atoms with van der Waals surface area (Å²) in [4.78, 5) is 22.8. The van der Waals surface area contributed by atoms with Gasteiger partial charge in [0.05, 0.1) is 11.8 Å². The molecule has 0 aliphatic heterocycles. The average molecular weight is 553 g/mol. The Morgan fingerprint density at radius 1 is 0.553 bits per heavy atom. The molecule has 4 aromatic rings. The molecular formula is C30H32O6S2. The van der Waals surface area contributed by atoms with Gasteiger partial charge in [-0.05, 0) is 73.5 Å². The summed E-state index contributed by atoms with van der Waals surface area (Å²) >= 11 is 8.25. The van der Waals surface area contributed by atoms with Crippen molar-refractivity contribution in [1.82, 2.24) is 0 Å². The summed E-state index contributed by atoms with van der Waals surface area (Å²) in [6, 6.07) is 31.8. The highest BCUT2D eigenvalue weighted by atomic mass is 32.1. The lowest BCUT2D eigenvalue weighted by atomic mass is 10.0. The summed E-state index contributed by atoms with van der Waals surface area (Å²) < 4.78 is 0. The zero-order chi connectivity index (χ0) is 28.5. The highest BCUT2D eigenvalue weighted by molar-refractivity contribution is 7.80. The molecule has 4 aromatic carbocycles. The first kappa shape index (κ1) is 32.1. The molecule has 0 amide bonds. The van der Waals surface area contributed by atoms with Gasteiger partial charge in [-0.25, -0.2) is 0 Å². The maximum Gasteiger partial charge on any atom is 0.310 e. The highest BCUT2D eigenvalue weighted by Crippen LogP contribution is 2.19. The third-order valence-corrected chi connectivity index (χ3v) is 5.55. The summed E-state index contributed by atoms with van der Waals surface area (Å²) in [5.74, 6) is -1.90. The number of aliphatic carboxylic acids is 2. The van der Waals surface area contributed by atoms with E-state index in [1.165, 1.54) is 0 Å². The Hall–Kier alpha value is -3.88. The van der Waals surface area contributed by atoms with Crippen LogP contribution in [0.3, 0.4) is 0 Å². The maximum absolute atomic E-state index is 10.6. The molecule has 2 atom stereocenters. The molecule has 0 aliphatic carbocycles. The highest BCUT2D eigenvalue weighted by Gasteiger charge is 2.13. The number of phenolic OH excluding ortho intramolecular Hbond substituents is 2. The second-order valence-corrected chi connectivity index (χ2v) is 9.01. The van der Waals surface area contributed by atoms with Gasteiger partial charge in [0.15, 0.2) is 0 Å². The van der Waals surface area contributed by atoms with Crippen LogP contribution in [0.15, 0.2) is 119 Å². The Morgan fingerprint density at radius 2 is 0.868 bits per heavy atom. The van der Waals surface area contributed by atoms with E-state index in [0.29, 0.717) is 11.5 Å². The normalized spacial score (nSPS) is 11.1. The predicted molar refractivity (Wildman–Crippen MR) is 156 cm³/mol. The van der Waals surface area contributed by atoms with Crippen LogP contribution in [-0.2, 0) is 9.59 Å². The summed E-state index contributed by atoms with van der Waals surface area (Å²) in [5, 5.41) is 34.7. The fraction of sp³-hybridized carbons (Fsp3) is 0.133. The van der Waals surface area contributed by atoms with Crippen molar-refractivity contribution in [2.45, 2.75) is 35.5 Å². The SMILES string of the molecule is CC(C(=O)O)c1cccc(S)c1.CC(C(=O)O)c1cccc(S)c1.Oc1ccccc1.Oc1ccccc1. The number of aromatic hydroxyl groups is 2. The minimum Gasteiger partial charge on any atom is -0.508 e. The average Bonchev–Trinajstić information content (AvgIpc) is 2.90. The van der Waals surface area contributed by atoms with Crippen LogP contribution in [0.2, 0.25) is 0 Å². The molecule has 6 nitrogen and oxygen atoms in total. The second-order valence-electron chi connectivity index (χ2n) is 7.98. The zero-order valence-electron chi connectivity index (χ0n) is 21.0. The fourth-order valence-corrected chi connectivity index (χ4v) is 3.20. The van der Waals surface area contributed by atoms with Crippen LogP contribution in [0.4, 0.5) is 0 Å². The molecule has 0 fully saturated rings. The number of carbonyl (C=O) groups is 2. The molecule has 0 spiro atoms. The zero-order valence-corrected chi connectivity index (χ0v) is 22.8. The van der Waals surface area contributed by atoms with Gasteiger partial charge in [0.25, 0.3) is 0 Å². The molecule has 4 rings (SSSR count). The molecule has 200 valence electrons. The molecule has 0 heterocycles. The minimum absolute atomic E-state index is 0.322. The van der Waals surface area contributed by atoms with E-state index in [9.17, 15) is 9.59 Å². The van der Waals surface area contributed by atoms with Crippen molar-refractivity contribution < 1.29 is 30.0 Å². The minimum atomic E-state index is -0.811. The standard InChI is InChI=1S/2C9H10O2S.2C6H6O/c2*1-6(9(10)11)7-3-2-4-8(12)5-7;2*7-6-4-2-1-3-5-6/h2*2-6,12H,1H3,(H,10,11);2*1-5,7H. The molecule has 0 bridgehead atoms. The number of carboxylic acids is 2. The van der Waals surface area contributed by atoms with Gasteiger partial charge in [-0.3, -0.25) is 9.59 Å². The molecule has 0 aromatic heterocycles. The van der Waals surface area contributed by atoms with Crippen LogP contribution in [0, 0.1) is 0 Å². The number of para-hydroxylation sites is 2. The van der Waals surface area contributed by atoms with E-state index in [4.69, 9.17) is 20.4 Å². The Kier molecular flexibility index (Phi) is 14.9. The topological polar surface area (TPSA) is 115 Å². The van der Waals surface area contributed by atoms with Crippen molar-refractivity contribution in [3.8, 4) is 11.5 Å². The first-order chi connectivity index (χ1) is 18.0. The van der Waals surface area contributed by atoms with Crippen LogP contribution in [0.5, 0.6) is 11.5 Å². The number of benzene rings is 4. The van der Waals surface area contributed by atoms with Crippen LogP contribution in [0.1, 0.15) is 36.8 Å². The van der Waals surface area contributed by atoms with Crippen LogP contribution >= 0.6 is 25.3 Å². The Labute approximate surface area is 234 Å². The van der Waals surface area contributed by atoms with Gasteiger partial charge in [-0.15, -0.1) is 25.3 Å². The molecule has 0 saturated carbocycles. The van der Waals surface area contributed by atoms with E-state index in [-0.39, 0.29) is 0 Å². The Bertz CT molecular complexity index is 1150. The molecular weight excluding hydrogens is 520 g/mol. The maximum atomic E-state index is 10.6. The summed E-state index contributed by atoms with van der Waals surface area (Å²) in [6.45, 7) is 3.32. The number of rotatable bonds is 4. The second kappa shape index (κ2) is 17.6.